The van der Waals surface area contributed by atoms with Crippen LogP contribution >= 0.6 is 0 Å². The Morgan fingerprint density at radius 3 is 2.57 bits per heavy atom. The molecular formula is C7H9NO5S. The SMILES string of the molecule is NS(=O)(=O)CCc1ccc(C(=O)O)o1. The van der Waals surface area contributed by atoms with E-state index in [1.54, 1.807) is 0 Å². The molecule has 1 aromatic heterocycles. The highest BCUT2D eigenvalue weighted by molar-refractivity contribution is 7.89. The fourth-order valence-corrected chi connectivity index (χ4v) is 1.36. The zero-order valence-electron chi connectivity index (χ0n) is 7.13. The van der Waals surface area contributed by atoms with Crippen LogP contribution in [0.25, 0.3) is 0 Å². The lowest BCUT2D eigenvalue weighted by Gasteiger charge is -1.94. The summed E-state index contributed by atoms with van der Waals surface area (Å²) < 4.78 is 26.0. The first-order valence-electron chi connectivity index (χ1n) is 3.71. The van der Waals surface area contributed by atoms with Crippen LogP contribution in [-0.4, -0.2) is 25.2 Å². The highest BCUT2D eigenvalue weighted by atomic mass is 32.2. The van der Waals surface area contributed by atoms with Crippen molar-refractivity contribution in [2.75, 3.05) is 5.75 Å². The molecule has 0 radical (unpaired) electrons. The van der Waals surface area contributed by atoms with Crippen LogP contribution in [0.1, 0.15) is 16.3 Å². The fraction of sp³-hybridized carbons (Fsp3) is 0.286. The number of carbonyl (C=O) groups is 1. The summed E-state index contributed by atoms with van der Waals surface area (Å²) in [5, 5.41) is 13.3. The topological polar surface area (TPSA) is 111 Å². The highest BCUT2D eigenvalue weighted by Crippen LogP contribution is 2.08. The van der Waals surface area contributed by atoms with E-state index in [1.165, 1.54) is 12.1 Å². The second-order valence-electron chi connectivity index (χ2n) is 2.69. The molecule has 0 aliphatic heterocycles. The maximum absolute atomic E-state index is 10.6. The molecule has 0 aromatic carbocycles. The Labute approximate surface area is 80.4 Å². The van der Waals surface area contributed by atoms with E-state index in [2.05, 4.69) is 0 Å². The first-order chi connectivity index (χ1) is 6.38. The third-order valence-electron chi connectivity index (χ3n) is 1.51. The number of hydrogen-bond acceptors (Lipinski definition) is 4. The third kappa shape index (κ3) is 3.19. The lowest BCUT2D eigenvalue weighted by molar-refractivity contribution is 0.0660. The van der Waals surface area contributed by atoms with Crippen LogP contribution in [-0.2, 0) is 16.4 Å². The first kappa shape index (κ1) is 10.7. The van der Waals surface area contributed by atoms with Crippen LogP contribution in [0.2, 0.25) is 0 Å². The molecule has 0 aliphatic carbocycles. The van der Waals surface area contributed by atoms with Gasteiger partial charge in [0.25, 0.3) is 0 Å². The molecule has 1 heterocycles. The number of aryl methyl sites for hydroxylation is 1. The van der Waals surface area contributed by atoms with Crippen molar-refractivity contribution < 1.29 is 22.7 Å². The van der Waals surface area contributed by atoms with Gasteiger partial charge in [-0.3, -0.25) is 0 Å². The van der Waals surface area contributed by atoms with Gasteiger partial charge < -0.3 is 9.52 Å². The van der Waals surface area contributed by atoms with Gasteiger partial charge >= 0.3 is 5.97 Å². The molecule has 14 heavy (non-hydrogen) atoms. The minimum atomic E-state index is -3.54. The number of sulfonamides is 1. The van der Waals surface area contributed by atoms with Gasteiger partial charge in [0.1, 0.15) is 5.76 Å². The van der Waals surface area contributed by atoms with Crippen LogP contribution in [0, 0.1) is 0 Å². The van der Waals surface area contributed by atoms with Gasteiger partial charge in [-0.15, -0.1) is 0 Å². The summed E-state index contributed by atoms with van der Waals surface area (Å²) in [4.78, 5) is 10.4. The van der Waals surface area contributed by atoms with Crippen LogP contribution in [0.5, 0.6) is 0 Å². The molecule has 0 bridgehead atoms. The van der Waals surface area contributed by atoms with Crippen molar-refractivity contribution in [3.63, 3.8) is 0 Å². The minimum Gasteiger partial charge on any atom is -0.475 e. The summed E-state index contributed by atoms with van der Waals surface area (Å²) in [6, 6.07) is 2.68. The third-order valence-corrected chi connectivity index (χ3v) is 2.28. The zero-order chi connectivity index (χ0) is 10.8. The van der Waals surface area contributed by atoms with Gasteiger partial charge in [-0.2, -0.15) is 0 Å². The maximum Gasteiger partial charge on any atom is 0.371 e. The van der Waals surface area contributed by atoms with E-state index in [1.807, 2.05) is 0 Å². The predicted molar refractivity (Wildman–Crippen MR) is 47.3 cm³/mol. The number of carboxylic acids is 1. The second-order valence-corrected chi connectivity index (χ2v) is 4.42. The summed E-state index contributed by atoms with van der Waals surface area (Å²) in [5.41, 5.74) is 0. The Morgan fingerprint density at radius 2 is 2.14 bits per heavy atom. The number of rotatable bonds is 4. The van der Waals surface area contributed by atoms with Crippen molar-refractivity contribution in [1.29, 1.82) is 0 Å². The van der Waals surface area contributed by atoms with Crippen molar-refractivity contribution in [1.82, 2.24) is 0 Å². The van der Waals surface area contributed by atoms with E-state index in [4.69, 9.17) is 14.7 Å². The predicted octanol–water partition coefficient (Wildman–Crippen LogP) is -0.191. The molecule has 78 valence electrons. The molecule has 1 aromatic rings. The van der Waals surface area contributed by atoms with Crippen molar-refractivity contribution in [3.8, 4) is 0 Å². The van der Waals surface area contributed by atoms with E-state index >= 15 is 0 Å². The Hall–Kier alpha value is -1.34. The van der Waals surface area contributed by atoms with E-state index in [0.717, 1.165) is 0 Å². The summed E-state index contributed by atoms with van der Waals surface area (Å²) in [7, 11) is -3.54. The Bertz CT molecular complexity index is 433. The van der Waals surface area contributed by atoms with E-state index in [0.29, 0.717) is 0 Å². The minimum absolute atomic E-state index is 0.0755. The molecule has 1 rings (SSSR count). The van der Waals surface area contributed by atoms with Gasteiger partial charge in [-0.1, -0.05) is 0 Å². The number of nitrogens with two attached hydrogens (primary N) is 1. The smallest absolute Gasteiger partial charge is 0.371 e. The number of hydrogen-bond donors (Lipinski definition) is 2. The lowest BCUT2D eigenvalue weighted by atomic mass is 10.3. The molecule has 0 saturated heterocycles. The van der Waals surface area contributed by atoms with E-state index in [9.17, 15) is 13.2 Å². The van der Waals surface area contributed by atoms with Gasteiger partial charge in [-0.05, 0) is 12.1 Å². The van der Waals surface area contributed by atoms with Gasteiger partial charge in [0, 0.05) is 6.42 Å². The molecule has 0 aliphatic rings. The normalized spacial score (nSPS) is 11.5. The highest BCUT2D eigenvalue weighted by Gasteiger charge is 2.10. The quantitative estimate of drug-likeness (QED) is 0.729. The largest absolute Gasteiger partial charge is 0.475 e. The molecule has 6 nitrogen and oxygen atoms in total. The van der Waals surface area contributed by atoms with Crippen LogP contribution in [0.4, 0.5) is 0 Å². The Morgan fingerprint density at radius 1 is 1.50 bits per heavy atom. The van der Waals surface area contributed by atoms with Gasteiger partial charge in [0.15, 0.2) is 0 Å². The van der Waals surface area contributed by atoms with Crippen molar-refractivity contribution >= 4 is 16.0 Å². The number of furan rings is 1. The summed E-state index contributed by atoms with van der Waals surface area (Å²) in [5.74, 6) is -1.38. The summed E-state index contributed by atoms with van der Waals surface area (Å²) in [6.07, 6.45) is 0.0755. The van der Waals surface area contributed by atoms with E-state index < -0.39 is 16.0 Å². The summed E-state index contributed by atoms with van der Waals surface area (Å²) >= 11 is 0. The van der Waals surface area contributed by atoms with Gasteiger partial charge in [0.2, 0.25) is 15.8 Å². The molecule has 0 atom stereocenters. The van der Waals surface area contributed by atoms with Crippen molar-refractivity contribution in [3.05, 3.63) is 23.7 Å². The molecule has 0 fully saturated rings. The van der Waals surface area contributed by atoms with Crippen LogP contribution < -0.4 is 5.14 Å². The van der Waals surface area contributed by atoms with E-state index in [-0.39, 0.29) is 23.7 Å². The monoisotopic (exact) mass is 219 g/mol. The molecule has 0 saturated carbocycles. The number of aromatic carboxylic acids is 1. The number of carboxylic acid groups (broad SMARTS) is 1. The van der Waals surface area contributed by atoms with Crippen LogP contribution in [0.3, 0.4) is 0 Å². The molecule has 0 spiro atoms. The molecule has 3 N–H and O–H groups in total. The average Bonchev–Trinajstić information content (AvgIpc) is 2.47. The maximum atomic E-state index is 10.6. The second kappa shape index (κ2) is 3.81. The van der Waals surface area contributed by atoms with Gasteiger partial charge in [0.05, 0.1) is 5.75 Å². The Kier molecular flexibility index (Phi) is 2.92. The van der Waals surface area contributed by atoms with Gasteiger partial charge in [-0.25, -0.2) is 18.4 Å². The van der Waals surface area contributed by atoms with Crippen LogP contribution in [0.15, 0.2) is 16.5 Å². The molecule has 0 unspecified atom stereocenters. The number of primary sulfonamides is 1. The molecule has 7 heteroatoms. The fourth-order valence-electron chi connectivity index (χ4n) is 0.870. The molecule has 0 amide bonds. The lowest BCUT2D eigenvalue weighted by Crippen LogP contribution is -2.17. The Balaban J connectivity index is 2.65. The summed E-state index contributed by atoms with van der Waals surface area (Å²) in [6.45, 7) is 0. The first-order valence-corrected chi connectivity index (χ1v) is 5.42. The standard InChI is InChI=1S/C7H9NO5S/c8-14(11,12)4-3-5-1-2-6(13-5)7(9)10/h1-2H,3-4H2,(H,9,10)(H2,8,11,12). The zero-order valence-corrected chi connectivity index (χ0v) is 7.95. The van der Waals surface area contributed by atoms with Crippen molar-refractivity contribution in [2.24, 2.45) is 5.14 Å². The average molecular weight is 219 g/mol. The van der Waals surface area contributed by atoms with Crippen molar-refractivity contribution in [2.45, 2.75) is 6.42 Å². The molecular weight excluding hydrogens is 210 g/mol.